The van der Waals surface area contributed by atoms with E-state index < -0.39 is 0 Å². The number of fused-ring (bicyclic) bond motifs is 1. The molecule has 5 heteroatoms. The van der Waals surface area contributed by atoms with E-state index in [1.54, 1.807) is 24.7 Å². The summed E-state index contributed by atoms with van der Waals surface area (Å²) in [6.07, 6.45) is 3.24. The number of aromatic nitrogens is 1. The lowest BCUT2D eigenvalue weighted by Gasteiger charge is -2.19. The Morgan fingerprint density at radius 1 is 1.04 bits per heavy atom. The maximum atomic E-state index is 12.8. The summed E-state index contributed by atoms with van der Waals surface area (Å²) in [5.41, 5.74) is 4.71. The smallest absolute Gasteiger partial charge is 0.268 e. The van der Waals surface area contributed by atoms with Crippen LogP contribution in [-0.4, -0.2) is 10.5 Å². The van der Waals surface area contributed by atoms with Gasteiger partial charge in [0.25, 0.3) is 5.91 Å². The van der Waals surface area contributed by atoms with Crippen molar-refractivity contribution in [2.75, 3.05) is 0 Å². The molecule has 0 aliphatic rings. The van der Waals surface area contributed by atoms with Crippen LogP contribution >= 0.6 is 0 Å². The molecule has 144 valence electrons. The lowest BCUT2D eigenvalue weighted by Crippen LogP contribution is -2.25. The number of hydrogen-bond donors (Lipinski definition) is 1. The molecule has 1 aromatic carbocycles. The van der Waals surface area contributed by atoms with Crippen LogP contribution in [0.2, 0.25) is 0 Å². The number of nitrogens with zero attached hydrogens (tertiary/aromatic N) is 1. The SMILES string of the molecule is CC(C)(C)c1ccc(Cn2c(C(=O)NCc3ccco3)cc3occc32)cc1. The highest BCUT2D eigenvalue weighted by Crippen LogP contribution is 2.25. The van der Waals surface area contributed by atoms with Crippen molar-refractivity contribution in [1.29, 1.82) is 0 Å². The molecule has 1 N–H and O–H groups in total. The van der Waals surface area contributed by atoms with E-state index >= 15 is 0 Å². The Balaban J connectivity index is 1.60. The van der Waals surface area contributed by atoms with Gasteiger partial charge in [-0.05, 0) is 28.7 Å². The Bertz CT molecular complexity index is 1080. The maximum absolute atomic E-state index is 12.8. The van der Waals surface area contributed by atoms with Gasteiger partial charge in [-0.15, -0.1) is 0 Å². The first-order chi connectivity index (χ1) is 13.4. The number of furan rings is 2. The van der Waals surface area contributed by atoms with Gasteiger partial charge >= 0.3 is 0 Å². The predicted octanol–water partition coefficient (Wildman–Crippen LogP) is 5.10. The molecule has 1 amide bonds. The second-order valence-electron chi connectivity index (χ2n) is 7.99. The van der Waals surface area contributed by atoms with E-state index in [2.05, 4.69) is 50.4 Å². The Kier molecular flexibility index (Phi) is 4.59. The van der Waals surface area contributed by atoms with E-state index in [9.17, 15) is 4.79 Å². The van der Waals surface area contributed by atoms with Crippen LogP contribution in [0.4, 0.5) is 0 Å². The van der Waals surface area contributed by atoms with Crippen LogP contribution in [0.1, 0.15) is 48.1 Å². The average molecular weight is 376 g/mol. The van der Waals surface area contributed by atoms with Gasteiger partial charge in [0, 0.05) is 18.7 Å². The van der Waals surface area contributed by atoms with Gasteiger partial charge in [0.1, 0.15) is 11.5 Å². The number of benzene rings is 1. The van der Waals surface area contributed by atoms with Crippen LogP contribution in [0.5, 0.6) is 0 Å². The fourth-order valence-corrected chi connectivity index (χ4v) is 3.30. The summed E-state index contributed by atoms with van der Waals surface area (Å²) in [5.74, 6) is 0.557. The highest BCUT2D eigenvalue weighted by Gasteiger charge is 2.18. The molecule has 0 fully saturated rings. The maximum Gasteiger partial charge on any atom is 0.268 e. The highest BCUT2D eigenvalue weighted by atomic mass is 16.3. The molecule has 3 heterocycles. The van der Waals surface area contributed by atoms with Crippen LogP contribution < -0.4 is 5.32 Å². The molecular weight excluding hydrogens is 352 g/mol. The van der Waals surface area contributed by atoms with Gasteiger partial charge in [0.2, 0.25) is 0 Å². The van der Waals surface area contributed by atoms with E-state index in [-0.39, 0.29) is 11.3 Å². The summed E-state index contributed by atoms with van der Waals surface area (Å²) < 4.78 is 12.8. The normalized spacial score (nSPS) is 11.8. The Labute approximate surface area is 164 Å². The van der Waals surface area contributed by atoms with Gasteiger partial charge in [0.05, 0.1) is 24.6 Å². The Morgan fingerprint density at radius 3 is 2.50 bits per heavy atom. The zero-order chi connectivity index (χ0) is 19.7. The number of amides is 1. The first kappa shape index (κ1) is 18.2. The van der Waals surface area contributed by atoms with Crippen LogP contribution in [0.15, 0.2) is 69.9 Å². The third-order valence-corrected chi connectivity index (χ3v) is 4.92. The first-order valence-corrected chi connectivity index (χ1v) is 9.38. The summed E-state index contributed by atoms with van der Waals surface area (Å²) in [6.45, 7) is 7.54. The van der Waals surface area contributed by atoms with Crippen molar-refractivity contribution in [1.82, 2.24) is 9.88 Å². The van der Waals surface area contributed by atoms with Crippen molar-refractivity contribution in [2.24, 2.45) is 0 Å². The molecule has 0 spiro atoms. The second kappa shape index (κ2) is 7.08. The molecule has 0 bridgehead atoms. The number of rotatable bonds is 5. The molecule has 0 unspecified atom stereocenters. The molecule has 0 aliphatic heterocycles. The van der Waals surface area contributed by atoms with Crippen molar-refractivity contribution < 1.29 is 13.6 Å². The van der Waals surface area contributed by atoms with E-state index in [4.69, 9.17) is 8.83 Å². The molecule has 0 saturated carbocycles. The summed E-state index contributed by atoms with van der Waals surface area (Å²) in [7, 11) is 0. The minimum Gasteiger partial charge on any atom is -0.467 e. The van der Waals surface area contributed by atoms with Crippen molar-refractivity contribution >= 4 is 17.0 Å². The second-order valence-corrected chi connectivity index (χ2v) is 7.99. The van der Waals surface area contributed by atoms with Crippen LogP contribution in [-0.2, 0) is 18.5 Å². The molecule has 0 saturated heterocycles. The molecular formula is C23H24N2O3. The zero-order valence-electron chi connectivity index (χ0n) is 16.4. The molecule has 0 radical (unpaired) electrons. The van der Waals surface area contributed by atoms with E-state index in [1.165, 1.54) is 5.56 Å². The summed E-state index contributed by atoms with van der Waals surface area (Å²) in [5, 5.41) is 2.91. The number of nitrogens with one attached hydrogen (secondary N) is 1. The standard InChI is InChI=1S/C23H24N2O3/c1-23(2,3)17-8-6-16(7-9-17)15-25-19-10-12-28-21(19)13-20(25)22(26)24-14-18-5-4-11-27-18/h4-13H,14-15H2,1-3H3,(H,24,26). The molecule has 0 atom stereocenters. The monoisotopic (exact) mass is 376 g/mol. The zero-order valence-corrected chi connectivity index (χ0v) is 16.4. The van der Waals surface area contributed by atoms with Crippen LogP contribution in [0.25, 0.3) is 11.1 Å². The molecule has 0 aliphatic carbocycles. The quantitative estimate of drug-likeness (QED) is 0.527. The minimum absolute atomic E-state index is 0.112. The molecule has 4 aromatic rings. The molecule has 3 aromatic heterocycles. The van der Waals surface area contributed by atoms with Crippen molar-refractivity contribution in [2.45, 2.75) is 39.3 Å². The lowest BCUT2D eigenvalue weighted by atomic mass is 9.87. The highest BCUT2D eigenvalue weighted by molar-refractivity contribution is 5.97. The van der Waals surface area contributed by atoms with E-state index in [0.29, 0.717) is 30.1 Å². The van der Waals surface area contributed by atoms with Crippen LogP contribution in [0.3, 0.4) is 0 Å². The third-order valence-electron chi connectivity index (χ3n) is 4.92. The van der Waals surface area contributed by atoms with Gasteiger partial charge in [0.15, 0.2) is 5.58 Å². The summed E-state index contributed by atoms with van der Waals surface area (Å²) >= 11 is 0. The molecule has 4 rings (SSSR count). The van der Waals surface area contributed by atoms with Crippen molar-refractivity contribution in [3.63, 3.8) is 0 Å². The van der Waals surface area contributed by atoms with Crippen molar-refractivity contribution in [3.05, 3.63) is 83.6 Å². The first-order valence-electron chi connectivity index (χ1n) is 9.38. The third kappa shape index (κ3) is 3.60. The number of carbonyl (C=O) groups is 1. The van der Waals surface area contributed by atoms with Crippen LogP contribution in [0, 0.1) is 0 Å². The molecule has 28 heavy (non-hydrogen) atoms. The van der Waals surface area contributed by atoms with Gasteiger partial charge < -0.3 is 18.7 Å². The summed E-state index contributed by atoms with van der Waals surface area (Å²) in [4.78, 5) is 12.8. The van der Waals surface area contributed by atoms with Gasteiger partial charge in [-0.3, -0.25) is 4.79 Å². The Hall–Kier alpha value is -3.21. The predicted molar refractivity (Wildman–Crippen MR) is 108 cm³/mol. The van der Waals surface area contributed by atoms with Crippen molar-refractivity contribution in [3.8, 4) is 0 Å². The minimum atomic E-state index is -0.158. The largest absolute Gasteiger partial charge is 0.467 e. The average Bonchev–Trinajstić information content (AvgIpc) is 3.38. The van der Waals surface area contributed by atoms with Gasteiger partial charge in [-0.1, -0.05) is 45.0 Å². The Morgan fingerprint density at radius 2 is 1.82 bits per heavy atom. The van der Waals surface area contributed by atoms with Gasteiger partial charge in [-0.25, -0.2) is 0 Å². The summed E-state index contributed by atoms with van der Waals surface area (Å²) in [6, 6.07) is 15.9. The van der Waals surface area contributed by atoms with Gasteiger partial charge in [-0.2, -0.15) is 0 Å². The van der Waals surface area contributed by atoms with E-state index in [0.717, 1.165) is 11.1 Å². The lowest BCUT2D eigenvalue weighted by molar-refractivity contribution is 0.0939. The fourth-order valence-electron chi connectivity index (χ4n) is 3.30. The number of hydrogen-bond acceptors (Lipinski definition) is 3. The number of carbonyl (C=O) groups excluding carboxylic acids is 1. The molecule has 5 nitrogen and oxygen atoms in total. The fraction of sp³-hybridized carbons (Fsp3) is 0.261. The topological polar surface area (TPSA) is 60.3 Å². The van der Waals surface area contributed by atoms with E-state index in [1.807, 2.05) is 16.7 Å².